The van der Waals surface area contributed by atoms with Gasteiger partial charge in [0, 0.05) is 13.1 Å². The van der Waals surface area contributed by atoms with E-state index in [1.807, 2.05) is 26.1 Å². The highest BCUT2D eigenvalue weighted by atomic mass is 16.2. The molecule has 0 fully saturated rings. The van der Waals surface area contributed by atoms with Crippen LogP contribution in [0.4, 0.5) is 0 Å². The summed E-state index contributed by atoms with van der Waals surface area (Å²) >= 11 is 0. The molecule has 0 aromatic heterocycles. The zero-order valence-electron chi connectivity index (χ0n) is 10.6. The summed E-state index contributed by atoms with van der Waals surface area (Å²) in [6.07, 6.45) is 1.35. The molecule has 3 nitrogen and oxygen atoms in total. The third kappa shape index (κ3) is 3.60. The van der Waals surface area contributed by atoms with E-state index in [2.05, 4.69) is 13.0 Å². The molecule has 3 heteroatoms. The monoisotopic (exact) mass is 230 g/mol. The molecule has 17 heavy (non-hydrogen) atoms. The molecule has 0 radical (unpaired) electrons. The molecule has 1 atom stereocenters. The van der Waals surface area contributed by atoms with Crippen LogP contribution in [0.5, 0.6) is 0 Å². The van der Waals surface area contributed by atoms with Crippen molar-refractivity contribution >= 4 is 5.91 Å². The van der Waals surface area contributed by atoms with Crippen LogP contribution in [0.15, 0.2) is 24.3 Å². The number of nitriles is 1. The molecule has 90 valence electrons. The summed E-state index contributed by atoms with van der Waals surface area (Å²) in [5.74, 6) is 0.115. The summed E-state index contributed by atoms with van der Waals surface area (Å²) in [6, 6.07) is 9.48. The summed E-state index contributed by atoms with van der Waals surface area (Å²) in [6.45, 7) is 4.10. The topological polar surface area (TPSA) is 44.1 Å². The molecule has 0 bridgehead atoms. The highest BCUT2D eigenvalue weighted by Gasteiger charge is 2.14. The van der Waals surface area contributed by atoms with Crippen molar-refractivity contribution < 1.29 is 4.79 Å². The molecular weight excluding hydrogens is 212 g/mol. The molecule has 1 amide bonds. The van der Waals surface area contributed by atoms with Crippen molar-refractivity contribution in [2.75, 3.05) is 7.05 Å². The van der Waals surface area contributed by atoms with Crippen molar-refractivity contribution in [3.63, 3.8) is 0 Å². The molecule has 0 aliphatic carbocycles. The van der Waals surface area contributed by atoms with E-state index >= 15 is 0 Å². The first-order chi connectivity index (χ1) is 8.08. The normalized spacial score (nSPS) is 11.6. The molecule has 1 aromatic carbocycles. The van der Waals surface area contributed by atoms with E-state index in [9.17, 15) is 4.79 Å². The van der Waals surface area contributed by atoms with E-state index in [-0.39, 0.29) is 11.9 Å². The van der Waals surface area contributed by atoms with Gasteiger partial charge in [0.2, 0.25) is 5.91 Å². The standard InChI is InChI=1S/C14H18N2O/c1-4-11(2)16(3)14(17)9-12-5-7-13(10-15)8-6-12/h5-8,11H,4,9H2,1-3H3. The number of amides is 1. The van der Waals surface area contributed by atoms with Gasteiger partial charge in [0.05, 0.1) is 18.1 Å². The van der Waals surface area contributed by atoms with Gasteiger partial charge in [0.25, 0.3) is 0 Å². The lowest BCUT2D eigenvalue weighted by Crippen LogP contribution is -2.35. The van der Waals surface area contributed by atoms with Crippen LogP contribution in [-0.4, -0.2) is 23.9 Å². The zero-order chi connectivity index (χ0) is 12.8. The van der Waals surface area contributed by atoms with Crippen LogP contribution in [0, 0.1) is 11.3 Å². The summed E-state index contributed by atoms with van der Waals surface area (Å²) < 4.78 is 0. The third-order valence-electron chi connectivity index (χ3n) is 3.08. The van der Waals surface area contributed by atoms with Crippen LogP contribution in [-0.2, 0) is 11.2 Å². The summed E-state index contributed by atoms with van der Waals surface area (Å²) in [4.78, 5) is 13.7. The largest absolute Gasteiger partial charge is 0.343 e. The lowest BCUT2D eigenvalue weighted by atomic mass is 10.1. The number of carbonyl (C=O) groups excluding carboxylic acids is 1. The maximum Gasteiger partial charge on any atom is 0.226 e. The second kappa shape index (κ2) is 6.05. The van der Waals surface area contributed by atoms with Crippen LogP contribution >= 0.6 is 0 Å². The van der Waals surface area contributed by atoms with Gasteiger partial charge in [-0.2, -0.15) is 5.26 Å². The number of rotatable bonds is 4. The van der Waals surface area contributed by atoms with Gasteiger partial charge in [-0.05, 0) is 31.0 Å². The van der Waals surface area contributed by atoms with Gasteiger partial charge in [-0.25, -0.2) is 0 Å². The Bertz CT molecular complexity index is 417. The Morgan fingerprint density at radius 2 is 2.00 bits per heavy atom. The average Bonchev–Trinajstić information content (AvgIpc) is 2.37. The number of likely N-dealkylation sites (N-methyl/N-ethyl adjacent to an activating group) is 1. The van der Waals surface area contributed by atoms with Crippen molar-refractivity contribution in [1.82, 2.24) is 4.90 Å². The maximum absolute atomic E-state index is 11.9. The van der Waals surface area contributed by atoms with Gasteiger partial charge >= 0.3 is 0 Å². The molecule has 0 saturated heterocycles. The number of benzene rings is 1. The predicted octanol–water partition coefficient (Wildman–Crippen LogP) is 2.36. The fourth-order valence-corrected chi connectivity index (χ4v) is 1.52. The quantitative estimate of drug-likeness (QED) is 0.797. The van der Waals surface area contributed by atoms with E-state index in [1.165, 1.54) is 0 Å². The molecule has 1 unspecified atom stereocenters. The van der Waals surface area contributed by atoms with Crippen LogP contribution in [0.2, 0.25) is 0 Å². The smallest absolute Gasteiger partial charge is 0.226 e. The lowest BCUT2D eigenvalue weighted by Gasteiger charge is -2.23. The van der Waals surface area contributed by atoms with Crippen molar-refractivity contribution in [3.8, 4) is 6.07 Å². The Hall–Kier alpha value is -1.82. The second-order valence-electron chi connectivity index (χ2n) is 4.25. The molecule has 0 aliphatic rings. The SMILES string of the molecule is CCC(C)N(C)C(=O)Cc1ccc(C#N)cc1. The van der Waals surface area contributed by atoms with Crippen LogP contribution in [0.1, 0.15) is 31.4 Å². The molecule has 0 aliphatic heterocycles. The third-order valence-corrected chi connectivity index (χ3v) is 3.08. The number of hydrogen-bond donors (Lipinski definition) is 0. The van der Waals surface area contributed by atoms with E-state index < -0.39 is 0 Å². The summed E-state index contributed by atoms with van der Waals surface area (Å²) in [7, 11) is 1.83. The van der Waals surface area contributed by atoms with Gasteiger partial charge in [-0.1, -0.05) is 19.1 Å². The van der Waals surface area contributed by atoms with Gasteiger partial charge in [-0.15, -0.1) is 0 Å². The minimum atomic E-state index is 0.115. The van der Waals surface area contributed by atoms with Crippen molar-refractivity contribution in [2.45, 2.75) is 32.7 Å². The molecule has 1 rings (SSSR count). The molecule has 0 saturated carbocycles. The highest BCUT2D eigenvalue weighted by Crippen LogP contribution is 2.08. The molecule has 0 spiro atoms. The summed E-state index contributed by atoms with van der Waals surface area (Å²) in [5.41, 5.74) is 1.57. The minimum absolute atomic E-state index is 0.115. The van der Waals surface area contributed by atoms with Crippen molar-refractivity contribution in [2.24, 2.45) is 0 Å². The first-order valence-electron chi connectivity index (χ1n) is 5.83. The maximum atomic E-state index is 11.9. The number of hydrogen-bond acceptors (Lipinski definition) is 2. The van der Waals surface area contributed by atoms with Crippen LogP contribution < -0.4 is 0 Å². The zero-order valence-corrected chi connectivity index (χ0v) is 10.6. The Balaban J connectivity index is 2.65. The van der Waals surface area contributed by atoms with Crippen molar-refractivity contribution in [1.29, 1.82) is 5.26 Å². The first-order valence-corrected chi connectivity index (χ1v) is 5.83. The molecular formula is C14H18N2O. The van der Waals surface area contributed by atoms with E-state index in [0.717, 1.165) is 12.0 Å². The first kappa shape index (κ1) is 13.2. The Morgan fingerprint density at radius 3 is 2.47 bits per heavy atom. The lowest BCUT2D eigenvalue weighted by molar-refractivity contribution is -0.130. The second-order valence-corrected chi connectivity index (χ2v) is 4.25. The van der Waals surface area contributed by atoms with Gasteiger partial charge in [0.15, 0.2) is 0 Å². The fourth-order valence-electron chi connectivity index (χ4n) is 1.52. The van der Waals surface area contributed by atoms with E-state index in [1.54, 1.807) is 17.0 Å². The summed E-state index contributed by atoms with van der Waals surface area (Å²) in [5, 5.41) is 8.68. The van der Waals surface area contributed by atoms with Crippen molar-refractivity contribution in [3.05, 3.63) is 35.4 Å². The Morgan fingerprint density at radius 1 is 1.41 bits per heavy atom. The highest BCUT2D eigenvalue weighted by molar-refractivity contribution is 5.78. The molecule has 1 aromatic rings. The van der Waals surface area contributed by atoms with Gasteiger partial charge < -0.3 is 4.90 Å². The van der Waals surface area contributed by atoms with E-state index in [4.69, 9.17) is 5.26 Å². The van der Waals surface area contributed by atoms with Crippen LogP contribution in [0.3, 0.4) is 0 Å². The minimum Gasteiger partial charge on any atom is -0.343 e. The van der Waals surface area contributed by atoms with E-state index in [0.29, 0.717) is 12.0 Å². The molecule has 0 heterocycles. The van der Waals surface area contributed by atoms with Gasteiger partial charge in [-0.3, -0.25) is 4.79 Å². The fraction of sp³-hybridized carbons (Fsp3) is 0.429. The number of carbonyl (C=O) groups is 1. The predicted molar refractivity (Wildman–Crippen MR) is 67.4 cm³/mol. The Kier molecular flexibility index (Phi) is 4.71. The van der Waals surface area contributed by atoms with Crippen LogP contribution in [0.25, 0.3) is 0 Å². The Labute approximate surface area is 103 Å². The molecule has 0 N–H and O–H groups in total. The number of nitrogens with zero attached hydrogens (tertiary/aromatic N) is 2. The van der Waals surface area contributed by atoms with Gasteiger partial charge in [0.1, 0.15) is 0 Å². The average molecular weight is 230 g/mol.